The van der Waals surface area contributed by atoms with Crippen molar-refractivity contribution in [2.45, 2.75) is 44.7 Å². The highest BCUT2D eigenvalue weighted by Gasteiger charge is 2.13. The average Bonchev–Trinajstić information content (AvgIpc) is 2.41. The molecule has 5 heteroatoms. The highest BCUT2D eigenvalue weighted by Crippen LogP contribution is 2.17. The van der Waals surface area contributed by atoms with Crippen LogP contribution in [0.5, 0.6) is 0 Å². The maximum atomic E-state index is 13.4. The number of nitrogens with zero attached hydrogens (tertiary/aromatic N) is 1. The van der Waals surface area contributed by atoms with E-state index in [1.54, 1.807) is 0 Å². The van der Waals surface area contributed by atoms with Crippen molar-refractivity contribution in [1.29, 1.82) is 0 Å². The molecule has 0 aromatic heterocycles. The second kappa shape index (κ2) is 6.50. The number of halogens is 2. The number of rotatable bonds is 3. The average molecular weight is 267 g/mol. The van der Waals surface area contributed by atoms with Gasteiger partial charge in [0.1, 0.15) is 11.6 Å². The Kier molecular flexibility index (Phi) is 4.71. The summed E-state index contributed by atoms with van der Waals surface area (Å²) in [6.45, 7) is 0.0507. The second-order valence-corrected chi connectivity index (χ2v) is 4.92. The van der Waals surface area contributed by atoms with Gasteiger partial charge in [0.2, 0.25) is 0 Å². The van der Waals surface area contributed by atoms with Crippen LogP contribution in [0.4, 0.5) is 8.78 Å². The van der Waals surface area contributed by atoms with Crippen molar-refractivity contribution < 1.29 is 8.78 Å². The summed E-state index contributed by atoms with van der Waals surface area (Å²) in [5.41, 5.74) is 5.98. The Bertz CT molecular complexity index is 454. The van der Waals surface area contributed by atoms with E-state index in [9.17, 15) is 8.78 Å². The van der Waals surface area contributed by atoms with Gasteiger partial charge in [0, 0.05) is 11.6 Å². The van der Waals surface area contributed by atoms with E-state index in [1.807, 2.05) is 0 Å². The molecule has 0 heterocycles. The number of nitrogens with two attached hydrogens (primary N) is 1. The number of benzene rings is 1. The van der Waals surface area contributed by atoms with Crippen LogP contribution in [0.15, 0.2) is 23.2 Å². The molecule has 1 fully saturated rings. The lowest BCUT2D eigenvalue weighted by atomic mass is 9.96. The van der Waals surface area contributed by atoms with Gasteiger partial charge in [-0.25, -0.2) is 13.8 Å². The van der Waals surface area contributed by atoms with Gasteiger partial charge in [-0.15, -0.1) is 0 Å². The van der Waals surface area contributed by atoms with Crippen LogP contribution in [0, 0.1) is 11.6 Å². The first-order chi connectivity index (χ1) is 9.15. The maximum Gasteiger partial charge on any atom is 0.189 e. The predicted molar refractivity (Wildman–Crippen MR) is 71.7 cm³/mol. The van der Waals surface area contributed by atoms with E-state index in [2.05, 4.69) is 10.3 Å². The lowest BCUT2D eigenvalue weighted by Gasteiger charge is -2.23. The predicted octanol–water partition coefficient (Wildman–Crippen LogP) is 2.70. The van der Waals surface area contributed by atoms with Gasteiger partial charge in [0.05, 0.1) is 6.54 Å². The molecule has 0 aliphatic heterocycles. The van der Waals surface area contributed by atoms with E-state index < -0.39 is 11.6 Å². The molecule has 0 saturated heterocycles. The minimum absolute atomic E-state index is 0.0507. The zero-order chi connectivity index (χ0) is 13.7. The van der Waals surface area contributed by atoms with Crippen molar-refractivity contribution in [1.82, 2.24) is 5.32 Å². The highest BCUT2D eigenvalue weighted by molar-refractivity contribution is 5.78. The molecule has 1 aliphatic carbocycles. The van der Waals surface area contributed by atoms with Gasteiger partial charge in [-0.3, -0.25) is 0 Å². The Morgan fingerprint density at radius 2 is 2.00 bits per heavy atom. The summed E-state index contributed by atoms with van der Waals surface area (Å²) < 4.78 is 26.4. The molecule has 1 aromatic carbocycles. The van der Waals surface area contributed by atoms with Gasteiger partial charge < -0.3 is 11.1 Å². The van der Waals surface area contributed by atoms with Crippen molar-refractivity contribution >= 4 is 5.96 Å². The fraction of sp³-hybridized carbons (Fsp3) is 0.500. The van der Waals surface area contributed by atoms with Crippen LogP contribution in [0.2, 0.25) is 0 Å². The summed E-state index contributed by atoms with van der Waals surface area (Å²) in [5, 5.41) is 3.13. The normalized spacial score (nSPS) is 17.5. The quantitative estimate of drug-likeness (QED) is 0.653. The molecule has 2 rings (SSSR count). The summed E-state index contributed by atoms with van der Waals surface area (Å²) >= 11 is 0. The Labute approximate surface area is 111 Å². The molecule has 1 saturated carbocycles. The SMILES string of the molecule is NC(=NCc1cc(F)ccc1F)NC1CCCCC1. The summed E-state index contributed by atoms with van der Waals surface area (Å²) in [6.07, 6.45) is 5.84. The van der Waals surface area contributed by atoms with Gasteiger partial charge in [-0.1, -0.05) is 19.3 Å². The number of hydrogen-bond donors (Lipinski definition) is 2. The van der Waals surface area contributed by atoms with Crippen molar-refractivity contribution in [3.8, 4) is 0 Å². The highest BCUT2D eigenvalue weighted by atomic mass is 19.1. The van der Waals surface area contributed by atoms with Crippen molar-refractivity contribution in [3.05, 3.63) is 35.4 Å². The molecule has 0 radical (unpaired) electrons. The van der Waals surface area contributed by atoms with Gasteiger partial charge in [0.15, 0.2) is 5.96 Å². The van der Waals surface area contributed by atoms with Crippen LogP contribution < -0.4 is 11.1 Å². The lowest BCUT2D eigenvalue weighted by molar-refractivity contribution is 0.412. The minimum atomic E-state index is -0.467. The molecule has 3 N–H and O–H groups in total. The fourth-order valence-electron chi connectivity index (χ4n) is 2.34. The van der Waals surface area contributed by atoms with Crippen LogP contribution in [-0.2, 0) is 6.54 Å². The molecule has 0 unspecified atom stereocenters. The third-order valence-corrected chi connectivity index (χ3v) is 3.38. The molecule has 0 spiro atoms. The van der Waals surface area contributed by atoms with Gasteiger partial charge in [-0.2, -0.15) is 0 Å². The van der Waals surface area contributed by atoms with Gasteiger partial charge in [0.25, 0.3) is 0 Å². The third kappa shape index (κ3) is 4.19. The first kappa shape index (κ1) is 13.8. The van der Waals surface area contributed by atoms with E-state index in [1.165, 1.54) is 19.3 Å². The van der Waals surface area contributed by atoms with Crippen LogP contribution in [0.1, 0.15) is 37.7 Å². The number of aliphatic imine (C=N–C) groups is 1. The molecule has 1 aromatic rings. The van der Waals surface area contributed by atoms with Crippen LogP contribution in [0.25, 0.3) is 0 Å². The Morgan fingerprint density at radius 3 is 2.74 bits per heavy atom. The van der Waals surface area contributed by atoms with Gasteiger partial charge >= 0.3 is 0 Å². The number of guanidine groups is 1. The maximum absolute atomic E-state index is 13.4. The Morgan fingerprint density at radius 1 is 1.26 bits per heavy atom. The zero-order valence-electron chi connectivity index (χ0n) is 10.8. The zero-order valence-corrected chi connectivity index (χ0v) is 10.8. The first-order valence-electron chi connectivity index (χ1n) is 6.65. The molecule has 0 bridgehead atoms. The van der Waals surface area contributed by atoms with Crippen LogP contribution >= 0.6 is 0 Å². The van der Waals surface area contributed by atoms with E-state index in [0.29, 0.717) is 12.0 Å². The van der Waals surface area contributed by atoms with E-state index in [0.717, 1.165) is 31.0 Å². The number of nitrogens with one attached hydrogen (secondary N) is 1. The van der Waals surface area contributed by atoms with Crippen LogP contribution in [-0.4, -0.2) is 12.0 Å². The number of hydrogen-bond acceptors (Lipinski definition) is 1. The molecule has 19 heavy (non-hydrogen) atoms. The van der Waals surface area contributed by atoms with Crippen molar-refractivity contribution in [2.75, 3.05) is 0 Å². The smallest absolute Gasteiger partial charge is 0.189 e. The molecule has 3 nitrogen and oxygen atoms in total. The monoisotopic (exact) mass is 267 g/mol. The minimum Gasteiger partial charge on any atom is -0.370 e. The molecule has 0 amide bonds. The fourth-order valence-corrected chi connectivity index (χ4v) is 2.34. The van der Waals surface area contributed by atoms with Crippen LogP contribution in [0.3, 0.4) is 0 Å². The second-order valence-electron chi connectivity index (χ2n) is 4.92. The molecular formula is C14H19F2N3. The van der Waals surface area contributed by atoms with E-state index >= 15 is 0 Å². The van der Waals surface area contributed by atoms with E-state index in [-0.39, 0.29) is 12.1 Å². The summed E-state index contributed by atoms with van der Waals surface area (Å²) in [4.78, 5) is 4.07. The molecule has 104 valence electrons. The molecule has 0 atom stereocenters. The van der Waals surface area contributed by atoms with Crippen molar-refractivity contribution in [3.63, 3.8) is 0 Å². The third-order valence-electron chi connectivity index (χ3n) is 3.38. The Balaban J connectivity index is 1.91. The molecular weight excluding hydrogens is 248 g/mol. The summed E-state index contributed by atoms with van der Waals surface area (Å²) in [6, 6.07) is 3.69. The summed E-state index contributed by atoms with van der Waals surface area (Å²) in [5.74, 6) is -0.628. The van der Waals surface area contributed by atoms with Crippen molar-refractivity contribution in [2.24, 2.45) is 10.7 Å². The lowest BCUT2D eigenvalue weighted by Crippen LogP contribution is -2.41. The Hall–Kier alpha value is -1.65. The van der Waals surface area contributed by atoms with E-state index in [4.69, 9.17) is 5.73 Å². The topological polar surface area (TPSA) is 50.4 Å². The summed E-state index contributed by atoms with van der Waals surface area (Å²) in [7, 11) is 0. The van der Waals surface area contributed by atoms with Gasteiger partial charge in [-0.05, 0) is 31.0 Å². The molecule has 1 aliphatic rings. The first-order valence-corrected chi connectivity index (χ1v) is 6.65. The largest absolute Gasteiger partial charge is 0.370 e. The standard InChI is InChI=1S/C14H19F2N3/c15-11-6-7-13(16)10(8-11)9-18-14(17)19-12-4-2-1-3-5-12/h6-8,12H,1-5,9H2,(H3,17,18,19).